The van der Waals surface area contributed by atoms with E-state index in [4.69, 9.17) is 4.74 Å². The van der Waals surface area contributed by atoms with Crippen LogP contribution in [0.5, 0.6) is 5.75 Å². The first-order chi connectivity index (χ1) is 13.1. The van der Waals surface area contributed by atoms with E-state index in [-0.39, 0.29) is 17.7 Å². The Morgan fingerprint density at radius 2 is 1.89 bits per heavy atom. The summed E-state index contributed by atoms with van der Waals surface area (Å²) in [6, 6.07) is 14.4. The normalized spacial score (nSPS) is 10.5. The summed E-state index contributed by atoms with van der Waals surface area (Å²) >= 11 is 0. The van der Waals surface area contributed by atoms with Gasteiger partial charge in [-0.2, -0.15) is 0 Å². The highest BCUT2D eigenvalue weighted by molar-refractivity contribution is 6.02. The van der Waals surface area contributed by atoms with Crippen LogP contribution >= 0.6 is 0 Å². The molecule has 0 fully saturated rings. The van der Waals surface area contributed by atoms with E-state index in [1.165, 1.54) is 0 Å². The highest BCUT2D eigenvalue weighted by atomic mass is 16.5. The molecule has 2 aromatic heterocycles. The summed E-state index contributed by atoms with van der Waals surface area (Å²) in [5.74, 6) is 1.02. The van der Waals surface area contributed by atoms with Gasteiger partial charge in [0, 0.05) is 24.6 Å². The van der Waals surface area contributed by atoms with Gasteiger partial charge in [-0.05, 0) is 61.9 Å². The lowest BCUT2D eigenvalue weighted by atomic mass is 10.2. The summed E-state index contributed by atoms with van der Waals surface area (Å²) in [5, 5.41) is 13.9. The van der Waals surface area contributed by atoms with Crippen LogP contribution < -0.4 is 15.4 Å². The van der Waals surface area contributed by atoms with Gasteiger partial charge in [0.05, 0.1) is 6.10 Å². The molecule has 7 heteroatoms. The Labute approximate surface area is 157 Å². The van der Waals surface area contributed by atoms with E-state index < -0.39 is 0 Å². The lowest BCUT2D eigenvalue weighted by Crippen LogP contribution is -2.15. The first-order valence-corrected chi connectivity index (χ1v) is 8.65. The van der Waals surface area contributed by atoms with Gasteiger partial charge >= 0.3 is 0 Å². The maximum atomic E-state index is 12.3. The van der Waals surface area contributed by atoms with E-state index >= 15 is 0 Å². The fourth-order valence-corrected chi connectivity index (χ4v) is 2.33. The maximum Gasteiger partial charge on any atom is 0.276 e. The average Bonchev–Trinajstić information content (AvgIpc) is 2.69. The van der Waals surface area contributed by atoms with Crippen LogP contribution in [0.3, 0.4) is 0 Å². The number of carbonyl (C=O) groups excluding carboxylic acids is 1. The molecule has 0 aliphatic rings. The number of ether oxygens (including phenoxy) is 1. The molecule has 0 aliphatic heterocycles. The topological polar surface area (TPSA) is 89.0 Å². The number of pyridine rings is 1. The van der Waals surface area contributed by atoms with Crippen LogP contribution in [0.25, 0.3) is 0 Å². The van der Waals surface area contributed by atoms with Crippen LogP contribution in [0, 0.1) is 0 Å². The number of anilines is 2. The molecule has 3 aromatic rings. The molecule has 2 heterocycles. The van der Waals surface area contributed by atoms with Crippen molar-refractivity contribution in [3.8, 4) is 5.75 Å². The molecule has 0 atom stereocenters. The number of amides is 1. The van der Waals surface area contributed by atoms with Gasteiger partial charge in [0.1, 0.15) is 11.6 Å². The Morgan fingerprint density at radius 3 is 2.52 bits per heavy atom. The van der Waals surface area contributed by atoms with E-state index in [1.54, 1.807) is 36.7 Å². The van der Waals surface area contributed by atoms with Crippen molar-refractivity contribution >= 4 is 17.4 Å². The fraction of sp³-hybridized carbons (Fsp3) is 0.200. The van der Waals surface area contributed by atoms with Crippen LogP contribution in [-0.2, 0) is 6.54 Å². The third-order valence-corrected chi connectivity index (χ3v) is 3.58. The van der Waals surface area contributed by atoms with Crippen LogP contribution in [0.1, 0.15) is 29.9 Å². The second kappa shape index (κ2) is 8.75. The number of carbonyl (C=O) groups is 1. The van der Waals surface area contributed by atoms with Gasteiger partial charge in [0.15, 0.2) is 5.69 Å². The second-order valence-electron chi connectivity index (χ2n) is 6.16. The minimum absolute atomic E-state index is 0.103. The molecule has 1 aromatic carbocycles. The molecule has 0 unspecified atom stereocenters. The Balaban J connectivity index is 1.55. The smallest absolute Gasteiger partial charge is 0.276 e. The zero-order valence-corrected chi connectivity index (χ0v) is 15.2. The van der Waals surface area contributed by atoms with E-state index in [2.05, 4.69) is 25.8 Å². The van der Waals surface area contributed by atoms with Crippen LogP contribution in [0.4, 0.5) is 11.5 Å². The minimum Gasteiger partial charge on any atom is -0.491 e. The van der Waals surface area contributed by atoms with E-state index in [0.717, 1.165) is 11.3 Å². The molecule has 138 valence electrons. The second-order valence-corrected chi connectivity index (χ2v) is 6.16. The van der Waals surface area contributed by atoms with Crippen molar-refractivity contribution < 1.29 is 9.53 Å². The van der Waals surface area contributed by atoms with Crippen LogP contribution in [0.2, 0.25) is 0 Å². The maximum absolute atomic E-state index is 12.3. The number of nitrogens with one attached hydrogen (secondary N) is 2. The summed E-state index contributed by atoms with van der Waals surface area (Å²) in [5.41, 5.74) is 1.94. The third-order valence-electron chi connectivity index (χ3n) is 3.58. The van der Waals surface area contributed by atoms with Gasteiger partial charge in [0.25, 0.3) is 5.91 Å². The minimum atomic E-state index is -0.321. The first-order valence-electron chi connectivity index (χ1n) is 8.65. The molecule has 0 saturated heterocycles. The number of benzene rings is 1. The molecule has 0 bridgehead atoms. The first kappa shape index (κ1) is 18.3. The SMILES string of the molecule is CC(C)Oc1ccc(NC(=O)c2ccc(NCc3cccnc3)nn2)cc1. The molecular weight excluding hydrogens is 342 g/mol. The number of rotatable bonds is 7. The summed E-state index contributed by atoms with van der Waals surface area (Å²) < 4.78 is 5.58. The number of aromatic nitrogens is 3. The summed E-state index contributed by atoms with van der Waals surface area (Å²) in [7, 11) is 0. The van der Waals surface area contributed by atoms with Crippen molar-refractivity contribution in [1.29, 1.82) is 0 Å². The molecule has 27 heavy (non-hydrogen) atoms. The van der Waals surface area contributed by atoms with Crippen LogP contribution in [0.15, 0.2) is 60.9 Å². The van der Waals surface area contributed by atoms with Crippen molar-refractivity contribution in [2.75, 3.05) is 10.6 Å². The molecule has 7 nitrogen and oxygen atoms in total. The number of nitrogens with zero attached hydrogens (tertiary/aromatic N) is 3. The molecule has 0 radical (unpaired) electrons. The predicted molar refractivity (Wildman–Crippen MR) is 104 cm³/mol. The van der Waals surface area contributed by atoms with E-state index in [1.807, 2.05) is 38.1 Å². The van der Waals surface area contributed by atoms with Crippen molar-refractivity contribution in [3.63, 3.8) is 0 Å². The van der Waals surface area contributed by atoms with Gasteiger partial charge in [-0.1, -0.05) is 6.07 Å². The molecule has 0 saturated carbocycles. The lowest BCUT2D eigenvalue weighted by molar-refractivity contribution is 0.102. The summed E-state index contributed by atoms with van der Waals surface area (Å²) in [4.78, 5) is 16.4. The fourth-order valence-electron chi connectivity index (χ4n) is 2.33. The van der Waals surface area contributed by atoms with Crippen molar-refractivity contribution in [2.24, 2.45) is 0 Å². The van der Waals surface area contributed by atoms with E-state index in [9.17, 15) is 4.79 Å². The zero-order valence-electron chi connectivity index (χ0n) is 15.2. The van der Waals surface area contributed by atoms with Crippen LogP contribution in [-0.4, -0.2) is 27.2 Å². The lowest BCUT2D eigenvalue weighted by Gasteiger charge is -2.10. The van der Waals surface area contributed by atoms with Crippen molar-refractivity contribution in [1.82, 2.24) is 15.2 Å². The summed E-state index contributed by atoms with van der Waals surface area (Å²) in [6.45, 7) is 4.51. The highest BCUT2D eigenvalue weighted by Crippen LogP contribution is 2.17. The average molecular weight is 363 g/mol. The monoisotopic (exact) mass is 363 g/mol. The van der Waals surface area contributed by atoms with Crippen molar-refractivity contribution in [2.45, 2.75) is 26.5 Å². The van der Waals surface area contributed by atoms with Gasteiger partial charge < -0.3 is 15.4 Å². The van der Waals surface area contributed by atoms with E-state index in [0.29, 0.717) is 18.1 Å². The van der Waals surface area contributed by atoms with Gasteiger partial charge in [-0.3, -0.25) is 9.78 Å². The molecule has 2 N–H and O–H groups in total. The molecule has 0 spiro atoms. The van der Waals surface area contributed by atoms with Gasteiger partial charge in [0.2, 0.25) is 0 Å². The standard InChI is InChI=1S/C20H21N5O2/c1-14(2)27-17-7-5-16(6-8-17)23-20(26)18-9-10-19(25-24-18)22-13-15-4-3-11-21-12-15/h3-12,14H,13H2,1-2H3,(H,22,25)(H,23,26). The quantitative estimate of drug-likeness (QED) is 0.668. The number of hydrogen-bond acceptors (Lipinski definition) is 6. The predicted octanol–water partition coefficient (Wildman–Crippen LogP) is 3.52. The molecule has 0 aliphatic carbocycles. The molecule has 3 rings (SSSR count). The Kier molecular flexibility index (Phi) is 5.94. The van der Waals surface area contributed by atoms with Crippen molar-refractivity contribution in [3.05, 3.63) is 72.2 Å². The summed E-state index contributed by atoms with van der Waals surface area (Å²) in [6.07, 6.45) is 3.60. The largest absolute Gasteiger partial charge is 0.491 e. The zero-order chi connectivity index (χ0) is 19.1. The highest BCUT2D eigenvalue weighted by Gasteiger charge is 2.09. The Bertz CT molecular complexity index is 865. The van der Waals surface area contributed by atoms with Gasteiger partial charge in [-0.25, -0.2) is 0 Å². The molecule has 1 amide bonds. The molecular formula is C20H21N5O2. The number of hydrogen-bond donors (Lipinski definition) is 2. The third kappa shape index (κ3) is 5.50. The Hall–Kier alpha value is -3.48. The van der Waals surface area contributed by atoms with Gasteiger partial charge in [-0.15, -0.1) is 10.2 Å². The Morgan fingerprint density at radius 1 is 1.07 bits per heavy atom.